The minimum absolute atomic E-state index is 0.0582. The zero-order valence-corrected chi connectivity index (χ0v) is 12.8. The molecule has 0 aromatic heterocycles. The summed E-state index contributed by atoms with van der Waals surface area (Å²) in [6.45, 7) is -0.0582. The van der Waals surface area contributed by atoms with E-state index >= 15 is 0 Å². The number of anilines is 1. The summed E-state index contributed by atoms with van der Waals surface area (Å²) in [5.74, 6) is 1.05. The number of hydrogen-bond acceptors (Lipinski definition) is 5. The van der Waals surface area contributed by atoms with E-state index < -0.39 is 9.84 Å². The number of nitrogen functional groups attached to an aromatic ring is 1. The zero-order chi connectivity index (χ0) is 15.7. The molecule has 0 fully saturated rings. The van der Waals surface area contributed by atoms with Crippen molar-refractivity contribution in [3.05, 3.63) is 52.9 Å². The topological polar surface area (TPSA) is 78.6 Å². The van der Waals surface area contributed by atoms with E-state index in [9.17, 15) is 8.42 Å². The number of benzene rings is 2. The Balaban J connectivity index is 1.86. The summed E-state index contributed by atoms with van der Waals surface area (Å²) < 4.78 is 35.7. The van der Waals surface area contributed by atoms with Crippen LogP contribution in [0.25, 0.3) is 6.08 Å². The van der Waals surface area contributed by atoms with Crippen molar-refractivity contribution >= 4 is 21.6 Å². The largest absolute Gasteiger partial charge is 0.493 e. The predicted octanol–water partition coefficient (Wildman–Crippen LogP) is 2.48. The molecule has 6 heteroatoms. The Morgan fingerprint density at radius 3 is 2.55 bits per heavy atom. The van der Waals surface area contributed by atoms with E-state index in [1.807, 2.05) is 6.07 Å². The van der Waals surface area contributed by atoms with Gasteiger partial charge in [0.25, 0.3) is 0 Å². The van der Waals surface area contributed by atoms with Crippen LogP contribution in [0.3, 0.4) is 0 Å². The van der Waals surface area contributed by atoms with Crippen LogP contribution in [-0.2, 0) is 9.84 Å². The van der Waals surface area contributed by atoms with E-state index in [1.165, 1.54) is 13.2 Å². The molecule has 0 unspecified atom stereocenters. The molecule has 0 bridgehead atoms. The number of fused-ring (bicyclic) bond motifs is 1. The Hall–Kier alpha value is -2.47. The number of hydrogen-bond donors (Lipinski definition) is 1. The maximum Gasteiger partial charge on any atom is 0.206 e. The highest BCUT2D eigenvalue weighted by Crippen LogP contribution is 2.35. The van der Waals surface area contributed by atoms with Gasteiger partial charge in [-0.05, 0) is 35.9 Å². The Kier molecular flexibility index (Phi) is 3.54. The van der Waals surface area contributed by atoms with Gasteiger partial charge in [-0.3, -0.25) is 0 Å². The monoisotopic (exact) mass is 317 g/mol. The molecule has 114 valence electrons. The molecule has 1 aliphatic rings. The third-order valence-electron chi connectivity index (χ3n) is 3.43. The molecule has 22 heavy (non-hydrogen) atoms. The third-order valence-corrected chi connectivity index (χ3v) is 5.29. The number of ether oxygens (including phenoxy) is 2. The van der Waals surface area contributed by atoms with Crippen LogP contribution < -0.4 is 15.2 Å². The molecule has 0 radical (unpaired) electrons. The van der Waals surface area contributed by atoms with Gasteiger partial charge < -0.3 is 15.2 Å². The normalized spacial score (nSPS) is 15.0. The lowest BCUT2D eigenvalue weighted by molar-refractivity contribution is 0.324. The summed E-state index contributed by atoms with van der Waals surface area (Å²) in [5, 5.41) is 0. The molecule has 2 aromatic carbocycles. The summed E-state index contributed by atoms with van der Waals surface area (Å²) in [5.41, 5.74) is 6.72. The highest BCUT2D eigenvalue weighted by atomic mass is 32.2. The first-order chi connectivity index (χ1) is 10.5. The molecule has 0 amide bonds. The summed E-state index contributed by atoms with van der Waals surface area (Å²) in [4.78, 5) is 0.435. The fraction of sp³-hybridized carbons (Fsp3) is 0.125. The van der Waals surface area contributed by atoms with Crippen molar-refractivity contribution in [1.29, 1.82) is 0 Å². The first-order valence-corrected chi connectivity index (χ1v) is 8.11. The number of para-hydroxylation sites is 2. The third kappa shape index (κ3) is 2.42. The van der Waals surface area contributed by atoms with Crippen LogP contribution >= 0.6 is 0 Å². The van der Waals surface area contributed by atoms with Crippen molar-refractivity contribution in [3.8, 4) is 11.5 Å². The SMILES string of the molecule is COc1ccccc1OCC1=Cc2ccc(N)cc2S1(=O)=O. The minimum Gasteiger partial charge on any atom is -0.493 e. The Bertz CT molecular complexity index is 856. The van der Waals surface area contributed by atoms with E-state index in [2.05, 4.69) is 0 Å². The molecule has 2 aromatic rings. The van der Waals surface area contributed by atoms with Gasteiger partial charge in [-0.15, -0.1) is 0 Å². The van der Waals surface area contributed by atoms with Gasteiger partial charge in [0.15, 0.2) is 11.5 Å². The first-order valence-electron chi connectivity index (χ1n) is 6.63. The smallest absolute Gasteiger partial charge is 0.206 e. The highest BCUT2D eigenvalue weighted by molar-refractivity contribution is 7.95. The molecule has 3 rings (SSSR count). The van der Waals surface area contributed by atoms with Crippen LogP contribution in [0.4, 0.5) is 5.69 Å². The van der Waals surface area contributed by atoms with E-state index in [1.54, 1.807) is 36.4 Å². The summed E-state index contributed by atoms with van der Waals surface area (Å²) in [6, 6.07) is 11.9. The van der Waals surface area contributed by atoms with Crippen molar-refractivity contribution in [2.24, 2.45) is 0 Å². The standard InChI is InChI=1S/C16H15NO4S/c1-20-14-4-2-3-5-15(14)21-10-13-8-11-6-7-12(17)9-16(11)22(13,18)19/h2-9H,10,17H2,1H3. The van der Waals surface area contributed by atoms with Crippen LogP contribution in [0.15, 0.2) is 52.3 Å². The molecule has 0 saturated heterocycles. The number of sulfone groups is 1. The molecule has 0 atom stereocenters. The molecular weight excluding hydrogens is 302 g/mol. The molecule has 2 N–H and O–H groups in total. The van der Waals surface area contributed by atoms with Crippen LogP contribution in [-0.4, -0.2) is 22.1 Å². The van der Waals surface area contributed by atoms with Crippen molar-refractivity contribution in [3.63, 3.8) is 0 Å². The number of nitrogens with two attached hydrogens (primary N) is 1. The van der Waals surface area contributed by atoms with Gasteiger partial charge in [0.1, 0.15) is 6.61 Å². The Labute approximate surface area is 128 Å². The van der Waals surface area contributed by atoms with Crippen molar-refractivity contribution in [2.45, 2.75) is 4.90 Å². The van der Waals surface area contributed by atoms with Gasteiger partial charge in [-0.25, -0.2) is 8.42 Å². The van der Waals surface area contributed by atoms with E-state index in [0.29, 0.717) is 22.7 Å². The second-order valence-corrected chi connectivity index (χ2v) is 6.82. The second-order valence-electron chi connectivity index (χ2n) is 4.85. The van der Waals surface area contributed by atoms with Gasteiger partial charge in [0, 0.05) is 5.69 Å². The maximum atomic E-state index is 12.5. The van der Waals surface area contributed by atoms with Crippen molar-refractivity contribution in [2.75, 3.05) is 19.5 Å². The number of methoxy groups -OCH3 is 1. The lowest BCUT2D eigenvalue weighted by Gasteiger charge is -2.10. The molecular formula is C16H15NO4S. The zero-order valence-electron chi connectivity index (χ0n) is 11.9. The average molecular weight is 317 g/mol. The minimum atomic E-state index is -3.54. The quantitative estimate of drug-likeness (QED) is 0.877. The van der Waals surface area contributed by atoms with Gasteiger partial charge in [0.2, 0.25) is 9.84 Å². The fourth-order valence-corrected chi connectivity index (χ4v) is 3.81. The predicted molar refractivity (Wildman–Crippen MR) is 84.5 cm³/mol. The van der Waals surface area contributed by atoms with Gasteiger partial charge in [-0.2, -0.15) is 0 Å². The van der Waals surface area contributed by atoms with Crippen LogP contribution in [0, 0.1) is 0 Å². The summed E-state index contributed by atoms with van der Waals surface area (Å²) in [6.07, 6.45) is 1.61. The lowest BCUT2D eigenvalue weighted by atomic mass is 10.2. The number of rotatable bonds is 4. The second kappa shape index (κ2) is 5.38. The molecule has 0 aliphatic carbocycles. The lowest BCUT2D eigenvalue weighted by Crippen LogP contribution is -2.09. The summed E-state index contributed by atoms with van der Waals surface area (Å²) in [7, 11) is -2.01. The van der Waals surface area contributed by atoms with E-state index in [0.717, 1.165) is 0 Å². The maximum absolute atomic E-state index is 12.5. The van der Waals surface area contributed by atoms with Gasteiger partial charge >= 0.3 is 0 Å². The summed E-state index contributed by atoms with van der Waals surface area (Å²) >= 11 is 0. The van der Waals surface area contributed by atoms with Crippen LogP contribution in [0.1, 0.15) is 5.56 Å². The molecule has 5 nitrogen and oxygen atoms in total. The molecule has 0 saturated carbocycles. The Morgan fingerprint density at radius 1 is 1.09 bits per heavy atom. The van der Waals surface area contributed by atoms with E-state index in [-0.39, 0.29) is 16.4 Å². The van der Waals surface area contributed by atoms with Crippen molar-refractivity contribution in [1.82, 2.24) is 0 Å². The van der Waals surface area contributed by atoms with Crippen LogP contribution in [0.2, 0.25) is 0 Å². The Morgan fingerprint density at radius 2 is 1.82 bits per heavy atom. The molecule has 1 aliphatic heterocycles. The van der Waals surface area contributed by atoms with Crippen molar-refractivity contribution < 1.29 is 17.9 Å². The highest BCUT2D eigenvalue weighted by Gasteiger charge is 2.30. The van der Waals surface area contributed by atoms with E-state index in [4.69, 9.17) is 15.2 Å². The van der Waals surface area contributed by atoms with Gasteiger partial charge in [-0.1, -0.05) is 18.2 Å². The fourth-order valence-electron chi connectivity index (χ4n) is 2.30. The molecule has 1 heterocycles. The molecule has 0 spiro atoms. The van der Waals surface area contributed by atoms with Gasteiger partial charge in [0.05, 0.1) is 16.9 Å². The average Bonchev–Trinajstić information content (AvgIpc) is 2.76. The van der Waals surface area contributed by atoms with Crippen LogP contribution in [0.5, 0.6) is 11.5 Å². The first kappa shape index (κ1) is 14.5.